The first kappa shape index (κ1) is 28.6. The van der Waals surface area contributed by atoms with Gasteiger partial charge in [-0.1, -0.05) is 12.2 Å². The molecule has 38 heavy (non-hydrogen) atoms. The summed E-state index contributed by atoms with van der Waals surface area (Å²) in [5.41, 5.74) is -1.24. The fourth-order valence-corrected chi connectivity index (χ4v) is 8.25. The highest BCUT2D eigenvalue weighted by atomic mass is 79.9. The van der Waals surface area contributed by atoms with Crippen LogP contribution in [0.25, 0.3) is 0 Å². The lowest BCUT2D eigenvalue weighted by molar-refractivity contribution is -0.177. The lowest BCUT2D eigenvalue weighted by atomic mass is 9.87. The maximum Gasteiger partial charge on any atom is 0.392 e. The van der Waals surface area contributed by atoms with Crippen molar-refractivity contribution in [3.05, 3.63) is 69.7 Å². The molecule has 208 valence electrons. The molecule has 1 heterocycles. The van der Waals surface area contributed by atoms with E-state index in [1.807, 2.05) is 4.72 Å². The molecule has 0 saturated heterocycles. The van der Waals surface area contributed by atoms with Gasteiger partial charge >= 0.3 is 6.18 Å². The summed E-state index contributed by atoms with van der Waals surface area (Å²) in [6, 6.07) is 1.28. The van der Waals surface area contributed by atoms with Gasteiger partial charge in [0.2, 0.25) is 0 Å². The van der Waals surface area contributed by atoms with Crippen molar-refractivity contribution >= 4 is 41.7 Å². The fraction of sp³-hybridized carbons (Fsp3) is 0.391. The summed E-state index contributed by atoms with van der Waals surface area (Å²) in [6.07, 6.45) is -1.18. The van der Waals surface area contributed by atoms with Crippen molar-refractivity contribution in [2.75, 3.05) is 11.8 Å². The van der Waals surface area contributed by atoms with Crippen LogP contribution in [-0.2, 0) is 37.6 Å². The number of nitrogens with zero attached hydrogens (tertiary/aromatic N) is 1. The summed E-state index contributed by atoms with van der Waals surface area (Å²) in [4.78, 5) is -0.641. The van der Waals surface area contributed by atoms with Crippen LogP contribution in [0.5, 0.6) is 0 Å². The third kappa shape index (κ3) is 4.76. The fourth-order valence-electron chi connectivity index (χ4n) is 4.66. The SMILES string of the molecule is COC1=CC=CCC1(C)S(=O)(=O)n1cc(S(=O)(=O)Nc2cc(F)c(Br)cc2F)c2c1CC(C(F)(F)F)CC2. The Labute approximate surface area is 224 Å². The summed E-state index contributed by atoms with van der Waals surface area (Å²) in [5.74, 6) is -4.00. The Morgan fingerprint density at radius 2 is 1.84 bits per heavy atom. The number of nitrogens with one attached hydrogen (secondary N) is 1. The average molecular weight is 645 g/mol. The standard InChI is InChI=1S/C23H22BrF5N2O5S2/c1-22(8-4-3-5-21(22)36-2)38(34,35)31-12-20(14-7-6-13(9-19(14)31)23(27,28)29)37(32,33)30-18-11-16(25)15(24)10-17(18)26/h3-5,10-13,30H,6-9H2,1-2H3. The first-order valence-electron chi connectivity index (χ1n) is 11.2. The summed E-state index contributed by atoms with van der Waals surface area (Å²) < 4.78 is 130. The minimum Gasteiger partial charge on any atom is -0.499 e. The first-order chi connectivity index (χ1) is 17.5. The van der Waals surface area contributed by atoms with E-state index in [1.54, 1.807) is 12.2 Å². The molecule has 2 unspecified atom stereocenters. The van der Waals surface area contributed by atoms with Gasteiger partial charge in [0, 0.05) is 24.4 Å². The van der Waals surface area contributed by atoms with Crippen LogP contribution in [0.3, 0.4) is 0 Å². The molecule has 0 radical (unpaired) electrons. The van der Waals surface area contributed by atoms with Gasteiger partial charge in [0.15, 0.2) is 0 Å². The monoisotopic (exact) mass is 644 g/mol. The highest BCUT2D eigenvalue weighted by Crippen LogP contribution is 2.43. The highest BCUT2D eigenvalue weighted by Gasteiger charge is 2.49. The Bertz CT molecular complexity index is 1570. The van der Waals surface area contributed by atoms with Crippen LogP contribution in [0.2, 0.25) is 0 Å². The molecule has 0 amide bonds. The van der Waals surface area contributed by atoms with Crippen LogP contribution in [0, 0.1) is 17.6 Å². The number of alkyl halides is 3. The molecular formula is C23H22BrF5N2O5S2. The summed E-state index contributed by atoms with van der Waals surface area (Å²) in [6.45, 7) is 1.32. The normalized spacial score (nSPS) is 22.1. The van der Waals surface area contributed by atoms with Gasteiger partial charge in [-0.15, -0.1) is 0 Å². The van der Waals surface area contributed by atoms with Crippen molar-refractivity contribution < 1.29 is 43.5 Å². The van der Waals surface area contributed by atoms with E-state index < -0.39 is 78.4 Å². The van der Waals surface area contributed by atoms with Gasteiger partial charge < -0.3 is 4.74 Å². The Hall–Kier alpha value is -2.39. The number of benzene rings is 1. The summed E-state index contributed by atoms with van der Waals surface area (Å²) in [5, 5.41) is 0. The van der Waals surface area contributed by atoms with E-state index in [0.717, 1.165) is 6.20 Å². The number of sulfonamides is 1. The van der Waals surface area contributed by atoms with Gasteiger partial charge in [0.25, 0.3) is 20.0 Å². The lowest BCUT2D eigenvalue weighted by Gasteiger charge is -2.33. The van der Waals surface area contributed by atoms with Crippen LogP contribution in [0.15, 0.2) is 51.7 Å². The Balaban J connectivity index is 1.90. The second-order valence-corrected chi connectivity index (χ2v) is 13.9. The highest BCUT2D eigenvalue weighted by molar-refractivity contribution is 9.10. The number of halogens is 6. The molecule has 2 aliphatic rings. The molecule has 1 aromatic carbocycles. The molecule has 7 nitrogen and oxygen atoms in total. The average Bonchev–Trinajstić information content (AvgIpc) is 3.23. The number of methoxy groups -OCH3 is 1. The van der Waals surface area contributed by atoms with Crippen LogP contribution >= 0.6 is 15.9 Å². The molecule has 0 aliphatic heterocycles. The second-order valence-electron chi connectivity index (χ2n) is 9.15. The van der Waals surface area contributed by atoms with E-state index >= 15 is 0 Å². The minimum atomic E-state index is -4.77. The van der Waals surface area contributed by atoms with Gasteiger partial charge in [-0.05, 0) is 59.8 Å². The molecule has 1 aromatic heterocycles. The molecule has 0 spiro atoms. The third-order valence-electron chi connectivity index (χ3n) is 6.80. The van der Waals surface area contributed by atoms with Crippen LogP contribution < -0.4 is 4.72 Å². The largest absolute Gasteiger partial charge is 0.499 e. The quantitative estimate of drug-likeness (QED) is 0.335. The van der Waals surface area contributed by atoms with Crippen molar-refractivity contribution in [3.63, 3.8) is 0 Å². The van der Waals surface area contributed by atoms with Gasteiger partial charge in [-0.2, -0.15) is 13.2 Å². The van der Waals surface area contributed by atoms with Crippen molar-refractivity contribution in [1.82, 2.24) is 3.97 Å². The number of hydrogen-bond acceptors (Lipinski definition) is 5. The number of aromatic nitrogens is 1. The molecule has 1 N–H and O–H groups in total. The molecular weight excluding hydrogens is 623 g/mol. The zero-order valence-electron chi connectivity index (χ0n) is 19.9. The second kappa shape index (κ2) is 9.66. The molecule has 4 rings (SSSR count). The number of rotatable bonds is 6. The number of fused-ring (bicyclic) bond motifs is 1. The number of allylic oxidation sites excluding steroid dienone is 3. The molecule has 2 aromatic rings. The minimum absolute atomic E-state index is 0.0144. The summed E-state index contributed by atoms with van der Waals surface area (Å²) >= 11 is 2.78. The Morgan fingerprint density at radius 1 is 1.16 bits per heavy atom. The van der Waals surface area contributed by atoms with Gasteiger partial charge in [-0.25, -0.2) is 29.6 Å². The molecule has 0 saturated carbocycles. The molecule has 2 atom stereocenters. The van der Waals surface area contributed by atoms with Gasteiger partial charge in [0.1, 0.15) is 27.0 Å². The van der Waals surface area contributed by atoms with Crippen molar-refractivity contribution in [2.24, 2.45) is 5.92 Å². The van der Waals surface area contributed by atoms with Gasteiger partial charge in [0.05, 0.1) is 23.2 Å². The predicted octanol–water partition coefficient (Wildman–Crippen LogP) is 5.42. The van der Waals surface area contributed by atoms with E-state index in [9.17, 15) is 38.8 Å². The van der Waals surface area contributed by atoms with Crippen LogP contribution in [-0.4, -0.2) is 38.8 Å². The predicted molar refractivity (Wildman–Crippen MR) is 132 cm³/mol. The third-order valence-corrected chi connectivity index (χ3v) is 11.2. The maximum absolute atomic E-state index is 14.4. The smallest absolute Gasteiger partial charge is 0.392 e. The topological polar surface area (TPSA) is 94.5 Å². The van der Waals surface area contributed by atoms with E-state index in [0.29, 0.717) is 16.1 Å². The molecule has 0 bridgehead atoms. The Morgan fingerprint density at radius 3 is 2.47 bits per heavy atom. The number of anilines is 1. The number of hydrogen-bond donors (Lipinski definition) is 1. The van der Waals surface area contributed by atoms with Crippen molar-refractivity contribution in [1.29, 1.82) is 0 Å². The maximum atomic E-state index is 14.4. The molecule has 2 aliphatic carbocycles. The van der Waals surface area contributed by atoms with Crippen LogP contribution in [0.1, 0.15) is 31.0 Å². The zero-order valence-corrected chi connectivity index (χ0v) is 23.2. The molecule has 15 heteroatoms. The molecule has 0 fully saturated rings. The Kier molecular flexibility index (Phi) is 7.28. The van der Waals surface area contributed by atoms with E-state index in [1.165, 1.54) is 20.1 Å². The van der Waals surface area contributed by atoms with Gasteiger partial charge in [-0.3, -0.25) is 4.72 Å². The van der Waals surface area contributed by atoms with Crippen molar-refractivity contribution in [3.8, 4) is 0 Å². The lowest BCUT2D eigenvalue weighted by Crippen LogP contribution is -2.43. The van der Waals surface area contributed by atoms with Crippen molar-refractivity contribution in [2.45, 2.75) is 48.4 Å². The number of ether oxygens (including phenoxy) is 1. The van der Waals surface area contributed by atoms with Crippen LogP contribution in [0.4, 0.5) is 27.6 Å². The van der Waals surface area contributed by atoms with E-state index in [-0.39, 0.29) is 27.9 Å². The first-order valence-corrected chi connectivity index (χ1v) is 14.9. The van der Waals surface area contributed by atoms with E-state index in [4.69, 9.17) is 4.74 Å². The van der Waals surface area contributed by atoms with E-state index in [2.05, 4.69) is 15.9 Å². The summed E-state index contributed by atoms with van der Waals surface area (Å²) in [7, 11) is -8.12. The zero-order chi connectivity index (χ0) is 28.3.